The van der Waals surface area contributed by atoms with Gasteiger partial charge in [-0.2, -0.15) is 0 Å². The molecular formula is C24H25N. The minimum Gasteiger partial charge on any atom is -0.295 e. The Morgan fingerprint density at radius 3 is 2.44 bits per heavy atom. The first-order valence-electron chi connectivity index (χ1n) is 9.64. The van der Waals surface area contributed by atoms with Gasteiger partial charge in [0.2, 0.25) is 0 Å². The summed E-state index contributed by atoms with van der Waals surface area (Å²) < 4.78 is 0. The Morgan fingerprint density at radius 2 is 1.52 bits per heavy atom. The van der Waals surface area contributed by atoms with E-state index in [4.69, 9.17) is 0 Å². The van der Waals surface area contributed by atoms with Crippen molar-refractivity contribution in [3.63, 3.8) is 0 Å². The number of fused-ring (bicyclic) bond motifs is 3. The molecule has 3 aromatic rings. The van der Waals surface area contributed by atoms with Gasteiger partial charge in [-0.25, -0.2) is 0 Å². The maximum atomic E-state index is 2.77. The molecule has 0 aromatic heterocycles. The summed E-state index contributed by atoms with van der Waals surface area (Å²) >= 11 is 0. The van der Waals surface area contributed by atoms with Crippen LogP contribution in [0.25, 0.3) is 10.8 Å². The highest BCUT2D eigenvalue weighted by molar-refractivity contribution is 5.85. The lowest BCUT2D eigenvalue weighted by Crippen LogP contribution is -2.46. The smallest absolute Gasteiger partial charge is 0.0243 e. The van der Waals surface area contributed by atoms with Crippen molar-refractivity contribution in [3.05, 3.63) is 83.4 Å². The molecule has 3 aliphatic rings. The van der Waals surface area contributed by atoms with Crippen LogP contribution < -0.4 is 0 Å². The molecule has 1 aliphatic carbocycles. The molecule has 0 N–H and O–H groups in total. The highest BCUT2D eigenvalue weighted by atomic mass is 15.2. The van der Waals surface area contributed by atoms with Crippen LogP contribution in [0.3, 0.4) is 0 Å². The predicted octanol–water partition coefficient (Wildman–Crippen LogP) is 5.22. The largest absolute Gasteiger partial charge is 0.295 e. The van der Waals surface area contributed by atoms with Gasteiger partial charge in [0.05, 0.1) is 0 Å². The van der Waals surface area contributed by atoms with Crippen LogP contribution in [0.15, 0.2) is 66.7 Å². The Morgan fingerprint density at radius 1 is 0.760 bits per heavy atom. The molecule has 1 fully saturated rings. The van der Waals surface area contributed by atoms with E-state index >= 15 is 0 Å². The molecule has 2 atom stereocenters. The minimum atomic E-state index is 0.691. The second kappa shape index (κ2) is 6.31. The van der Waals surface area contributed by atoms with Crippen molar-refractivity contribution in [1.82, 2.24) is 4.90 Å². The van der Waals surface area contributed by atoms with Crippen LogP contribution in [0.5, 0.6) is 0 Å². The van der Waals surface area contributed by atoms with E-state index in [1.165, 1.54) is 48.6 Å². The molecule has 0 amide bonds. The predicted molar refractivity (Wildman–Crippen MR) is 105 cm³/mol. The van der Waals surface area contributed by atoms with Crippen molar-refractivity contribution in [1.29, 1.82) is 0 Å². The van der Waals surface area contributed by atoms with E-state index in [0.29, 0.717) is 6.04 Å². The molecule has 0 spiro atoms. The molecule has 2 heterocycles. The summed E-state index contributed by atoms with van der Waals surface area (Å²) in [7, 11) is 0. The van der Waals surface area contributed by atoms with Gasteiger partial charge in [0.15, 0.2) is 0 Å². The van der Waals surface area contributed by atoms with Gasteiger partial charge in [-0.15, -0.1) is 0 Å². The summed E-state index contributed by atoms with van der Waals surface area (Å²) in [4.78, 5) is 2.77. The highest BCUT2D eigenvalue weighted by Gasteiger charge is 2.31. The molecule has 0 radical (unpaired) electrons. The van der Waals surface area contributed by atoms with E-state index < -0.39 is 0 Å². The van der Waals surface area contributed by atoms with Crippen LogP contribution in [0.1, 0.15) is 29.5 Å². The fraction of sp³-hybridized carbons (Fsp3) is 0.333. The van der Waals surface area contributed by atoms with E-state index in [9.17, 15) is 0 Å². The molecular weight excluding hydrogens is 302 g/mol. The topological polar surface area (TPSA) is 3.24 Å². The summed E-state index contributed by atoms with van der Waals surface area (Å²) in [6.07, 6.45) is 5.22. The number of benzene rings is 3. The molecule has 2 bridgehead atoms. The van der Waals surface area contributed by atoms with Gasteiger partial charge in [-0.05, 0) is 59.1 Å². The lowest BCUT2D eigenvalue weighted by Gasteiger charge is -2.42. The van der Waals surface area contributed by atoms with Crippen LogP contribution in [0.4, 0.5) is 0 Å². The molecule has 0 saturated carbocycles. The molecule has 3 aromatic carbocycles. The van der Waals surface area contributed by atoms with E-state index in [-0.39, 0.29) is 0 Å². The first-order chi connectivity index (χ1) is 12.4. The fourth-order valence-corrected chi connectivity index (χ4v) is 4.94. The SMILES string of the molecule is c1ccc2c(c1)C[C@@H]1CC[C@H](C2)N(Cc2cccc3ccccc23)C1. The molecule has 1 heteroatoms. The van der Waals surface area contributed by atoms with E-state index in [1.54, 1.807) is 11.1 Å². The third-order valence-electron chi connectivity index (χ3n) is 6.25. The fourth-order valence-electron chi connectivity index (χ4n) is 4.94. The van der Waals surface area contributed by atoms with Gasteiger partial charge >= 0.3 is 0 Å². The van der Waals surface area contributed by atoms with Crippen molar-refractivity contribution in [2.75, 3.05) is 6.54 Å². The van der Waals surface area contributed by atoms with Gasteiger partial charge in [0, 0.05) is 19.1 Å². The number of hydrogen-bond acceptors (Lipinski definition) is 1. The first kappa shape index (κ1) is 15.2. The van der Waals surface area contributed by atoms with Gasteiger partial charge in [-0.3, -0.25) is 4.90 Å². The maximum Gasteiger partial charge on any atom is 0.0243 e. The highest BCUT2D eigenvalue weighted by Crippen LogP contribution is 2.33. The summed E-state index contributed by atoms with van der Waals surface area (Å²) in [5, 5.41) is 2.78. The first-order valence-corrected chi connectivity index (χ1v) is 9.64. The van der Waals surface area contributed by atoms with Crippen molar-refractivity contribution < 1.29 is 0 Å². The lowest BCUT2D eigenvalue weighted by molar-refractivity contribution is 0.0942. The normalized spacial score (nSPS) is 23.2. The monoisotopic (exact) mass is 327 g/mol. The Labute approximate surface area is 150 Å². The van der Waals surface area contributed by atoms with Crippen LogP contribution in [0, 0.1) is 5.92 Å². The van der Waals surface area contributed by atoms with Crippen molar-refractivity contribution in [3.8, 4) is 0 Å². The van der Waals surface area contributed by atoms with Gasteiger partial charge in [0.25, 0.3) is 0 Å². The maximum absolute atomic E-state index is 2.77. The molecule has 1 nitrogen and oxygen atoms in total. The molecule has 1 saturated heterocycles. The van der Waals surface area contributed by atoms with E-state index in [1.807, 2.05) is 0 Å². The van der Waals surface area contributed by atoms with Crippen molar-refractivity contribution in [2.24, 2.45) is 5.92 Å². The molecule has 25 heavy (non-hydrogen) atoms. The average molecular weight is 327 g/mol. The van der Waals surface area contributed by atoms with Gasteiger partial charge in [0.1, 0.15) is 0 Å². The molecule has 6 rings (SSSR count). The second-order valence-corrected chi connectivity index (χ2v) is 7.84. The van der Waals surface area contributed by atoms with Crippen LogP contribution >= 0.6 is 0 Å². The number of nitrogens with zero attached hydrogens (tertiary/aromatic N) is 1. The number of hydrogen-bond donors (Lipinski definition) is 0. The Balaban J connectivity index is 1.47. The summed E-state index contributed by atoms with van der Waals surface area (Å²) in [5.41, 5.74) is 4.67. The second-order valence-electron chi connectivity index (χ2n) is 7.84. The standard InChI is InChI=1S/C24H25N/c1-2-8-21-15-23-13-12-18(14-20(21)7-1)16-25(23)17-22-10-5-9-19-6-3-4-11-24(19)22/h1-11,18,23H,12-17H2/t18-,23+/m0/s1. The van der Waals surface area contributed by atoms with E-state index in [2.05, 4.69) is 71.6 Å². The van der Waals surface area contributed by atoms with Gasteiger partial charge in [-0.1, -0.05) is 66.7 Å². The van der Waals surface area contributed by atoms with Crippen LogP contribution in [-0.2, 0) is 19.4 Å². The van der Waals surface area contributed by atoms with Crippen molar-refractivity contribution in [2.45, 2.75) is 38.3 Å². The van der Waals surface area contributed by atoms with Gasteiger partial charge < -0.3 is 0 Å². The number of rotatable bonds is 2. The average Bonchev–Trinajstić information content (AvgIpc) is 2.63. The van der Waals surface area contributed by atoms with E-state index in [0.717, 1.165) is 12.5 Å². The van der Waals surface area contributed by atoms with Crippen LogP contribution in [0.2, 0.25) is 0 Å². The molecule has 0 unspecified atom stereocenters. The Hall–Kier alpha value is -2.12. The zero-order chi connectivity index (χ0) is 16.6. The quantitative estimate of drug-likeness (QED) is 0.624. The number of piperidine rings is 1. The summed E-state index contributed by atoms with van der Waals surface area (Å²) in [5.74, 6) is 0.813. The van der Waals surface area contributed by atoms with Crippen LogP contribution in [-0.4, -0.2) is 17.5 Å². The Bertz CT molecular complexity index is 892. The Kier molecular flexibility index (Phi) is 3.83. The molecule has 126 valence electrons. The molecule has 2 aliphatic heterocycles. The third-order valence-corrected chi connectivity index (χ3v) is 6.25. The van der Waals surface area contributed by atoms with Crippen molar-refractivity contribution >= 4 is 10.8 Å². The lowest BCUT2D eigenvalue weighted by atomic mass is 9.80. The summed E-state index contributed by atoms with van der Waals surface area (Å²) in [6.45, 7) is 2.34. The summed E-state index contributed by atoms with van der Waals surface area (Å²) in [6, 6.07) is 25.4. The zero-order valence-electron chi connectivity index (χ0n) is 14.7. The third kappa shape index (κ3) is 2.87. The zero-order valence-corrected chi connectivity index (χ0v) is 14.7. The minimum absolute atomic E-state index is 0.691.